The molecule has 128 valence electrons. The van der Waals surface area contributed by atoms with Gasteiger partial charge in [0.15, 0.2) is 0 Å². The number of hydrogen-bond acceptors (Lipinski definition) is 2. The standard InChI is InChI=1S/C19H22Cl2N2S/c1-2-3-4-5-6-7-14-24-18(16-8-10-17(20)11-9-16)19(21)23-13-12-22-15-23/h8-13,15,18-19H,2-5,14H2,1H3. The molecule has 24 heavy (non-hydrogen) atoms. The van der Waals surface area contributed by atoms with E-state index >= 15 is 0 Å². The van der Waals surface area contributed by atoms with Gasteiger partial charge in [-0.2, -0.15) is 0 Å². The van der Waals surface area contributed by atoms with Crippen LogP contribution in [0.1, 0.15) is 48.9 Å². The van der Waals surface area contributed by atoms with Crippen LogP contribution in [0.15, 0.2) is 43.0 Å². The number of alkyl halides is 1. The lowest BCUT2D eigenvalue weighted by Gasteiger charge is -2.22. The zero-order valence-corrected chi connectivity index (χ0v) is 16.1. The molecule has 2 aromatic rings. The average molecular weight is 381 g/mol. The highest BCUT2D eigenvalue weighted by Gasteiger charge is 2.22. The van der Waals surface area contributed by atoms with Gasteiger partial charge in [-0.05, 0) is 24.1 Å². The van der Waals surface area contributed by atoms with Crippen molar-refractivity contribution in [3.8, 4) is 11.8 Å². The topological polar surface area (TPSA) is 17.8 Å². The maximum Gasteiger partial charge on any atom is 0.125 e. The van der Waals surface area contributed by atoms with E-state index in [4.69, 9.17) is 23.2 Å². The van der Waals surface area contributed by atoms with Crippen LogP contribution >= 0.6 is 35.0 Å². The van der Waals surface area contributed by atoms with E-state index in [0.717, 1.165) is 22.8 Å². The number of imidazole rings is 1. The van der Waals surface area contributed by atoms with Gasteiger partial charge < -0.3 is 4.57 Å². The molecular weight excluding hydrogens is 359 g/mol. The summed E-state index contributed by atoms with van der Waals surface area (Å²) in [5, 5.41) is 0.815. The Balaban J connectivity index is 2.01. The zero-order valence-electron chi connectivity index (χ0n) is 13.8. The van der Waals surface area contributed by atoms with Gasteiger partial charge in [0, 0.05) is 23.8 Å². The summed E-state index contributed by atoms with van der Waals surface area (Å²) in [6, 6.07) is 7.86. The molecular formula is C19H22Cl2N2S. The van der Waals surface area contributed by atoms with Crippen molar-refractivity contribution in [3.05, 3.63) is 53.6 Å². The summed E-state index contributed by atoms with van der Waals surface area (Å²) in [7, 11) is 0. The lowest BCUT2D eigenvalue weighted by atomic mass is 10.1. The number of unbranched alkanes of at least 4 members (excludes halogenated alkanes) is 3. The Morgan fingerprint density at radius 3 is 2.67 bits per heavy atom. The third-order valence-corrected chi connectivity index (χ3v) is 5.70. The van der Waals surface area contributed by atoms with Crippen LogP contribution in [0.2, 0.25) is 5.02 Å². The van der Waals surface area contributed by atoms with Gasteiger partial charge in [0.2, 0.25) is 0 Å². The second-order valence-electron chi connectivity index (χ2n) is 5.48. The molecule has 0 saturated heterocycles. The fourth-order valence-corrected chi connectivity index (χ4v) is 3.91. The van der Waals surface area contributed by atoms with Crippen molar-refractivity contribution < 1.29 is 0 Å². The Bertz CT molecular complexity index is 644. The van der Waals surface area contributed by atoms with Gasteiger partial charge in [0.25, 0.3) is 0 Å². The molecule has 2 rings (SSSR count). The molecule has 0 radical (unpaired) electrons. The molecule has 2 nitrogen and oxygen atoms in total. The van der Waals surface area contributed by atoms with E-state index in [-0.39, 0.29) is 10.8 Å². The normalized spacial score (nSPS) is 13.1. The first-order chi connectivity index (χ1) is 11.7. The Kier molecular flexibility index (Phi) is 8.59. The van der Waals surface area contributed by atoms with E-state index < -0.39 is 0 Å². The minimum absolute atomic E-state index is 0.0862. The molecule has 2 unspecified atom stereocenters. The van der Waals surface area contributed by atoms with Gasteiger partial charge >= 0.3 is 0 Å². The second-order valence-corrected chi connectivity index (χ2v) is 7.49. The van der Waals surface area contributed by atoms with Crippen LogP contribution < -0.4 is 0 Å². The van der Waals surface area contributed by atoms with E-state index in [0.29, 0.717) is 0 Å². The quantitative estimate of drug-likeness (QED) is 0.302. The summed E-state index contributed by atoms with van der Waals surface area (Å²) in [6.07, 6.45) is 10.0. The zero-order chi connectivity index (χ0) is 17.2. The van der Waals surface area contributed by atoms with Gasteiger partial charge in [-0.3, -0.25) is 0 Å². The first kappa shape index (κ1) is 19.2. The second kappa shape index (κ2) is 10.7. The molecule has 0 N–H and O–H groups in total. The highest BCUT2D eigenvalue weighted by molar-refractivity contribution is 7.99. The van der Waals surface area contributed by atoms with Gasteiger partial charge in [0.1, 0.15) is 5.50 Å². The average Bonchev–Trinajstić information content (AvgIpc) is 3.13. The first-order valence-corrected chi connectivity index (χ1v) is 10.0. The lowest BCUT2D eigenvalue weighted by Crippen LogP contribution is -2.09. The van der Waals surface area contributed by atoms with Crippen molar-refractivity contribution in [1.29, 1.82) is 0 Å². The van der Waals surface area contributed by atoms with Crippen molar-refractivity contribution in [2.75, 3.05) is 5.75 Å². The third kappa shape index (κ3) is 6.09. The Morgan fingerprint density at radius 2 is 2.00 bits per heavy atom. The summed E-state index contributed by atoms with van der Waals surface area (Å²) < 4.78 is 1.92. The summed E-state index contributed by atoms with van der Waals surface area (Å²) in [6.45, 7) is 2.21. The number of nitrogens with zero attached hydrogens (tertiary/aromatic N) is 2. The summed E-state index contributed by atoms with van der Waals surface area (Å²) >= 11 is 14.4. The van der Waals surface area contributed by atoms with E-state index in [1.54, 1.807) is 24.3 Å². The van der Waals surface area contributed by atoms with Gasteiger partial charge in [-0.1, -0.05) is 61.0 Å². The van der Waals surface area contributed by atoms with Crippen molar-refractivity contribution >= 4 is 35.0 Å². The summed E-state index contributed by atoms with van der Waals surface area (Å²) in [5.41, 5.74) is 0.923. The molecule has 0 aliphatic heterocycles. The van der Waals surface area contributed by atoms with Crippen molar-refractivity contribution in [1.82, 2.24) is 9.55 Å². The van der Waals surface area contributed by atoms with Crippen LogP contribution in [-0.2, 0) is 0 Å². The molecule has 1 aromatic heterocycles. The molecule has 0 bridgehead atoms. The number of rotatable bonds is 8. The molecule has 1 aromatic carbocycles. The van der Waals surface area contributed by atoms with Crippen LogP contribution in [-0.4, -0.2) is 15.3 Å². The van der Waals surface area contributed by atoms with Crippen molar-refractivity contribution in [2.45, 2.75) is 43.4 Å². The molecule has 0 aliphatic carbocycles. The molecule has 0 saturated carbocycles. The predicted octanol–water partition coefficient (Wildman–Crippen LogP) is 6.33. The molecule has 0 aliphatic rings. The minimum atomic E-state index is -0.222. The summed E-state index contributed by atoms with van der Waals surface area (Å²) in [5.74, 6) is 7.28. The largest absolute Gasteiger partial charge is 0.319 e. The molecule has 0 amide bonds. The van der Waals surface area contributed by atoms with E-state index in [1.165, 1.54) is 19.3 Å². The minimum Gasteiger partial charge on any atom is -0.319 e. The van der Waals surface area contributed by atoms with Crippen LogP contribution in [0.25, 0.3) is 0 Å². The number of hydrogen-bond donors (Lipinski definition) is 0. The van der Waals surface area contributed by atoms with Gasteiger partial charge in [-0.25, -0.2) is 4.98 Å². The van der Waals surface area contributed by atoms with E-state index in [2.05, 4.69) is 23.7 Å². The predicted molar refractivity (Wildman–Crippen MR) is 106 cm³/mol. The SMILES string of the molecule is CCCCCC#CCSC(c1ccc(Cl)cc1)C(Cl)n1ccnc1. The Hall–Kier alpha value is -1.08. The maximum absolute atomic E-state index is 6.69. The van der Waals surface area contributed by atoms with Crippen LogP contribution in [0, 0.1) is 11.8 Å². The molecule has 1 heterocycles. The van der Waals surface area contributed by atoms with E-state index in [9.17, 15) is 0 Å². The molecule has 2 atom stereocenters. The highest BCUT2D eigenvalue weighted by atomic mass is 35.5. The van der Waals surface area contributed by atoms with Gasteiger partial charge in [-0.15, -0.1) is 17.7 Å². The maximum atomic E-state index is 6.69. The van der Waals surface area contributed by atoms with Crippen LogP contribution in [0.4, 0.5) is 0 Å². The highest BCUT2D eigenvalue weighted by Crippen LogP contribution is 2.41. The van der Waals surface area contributed by atoms with E-state index in [1.807, 2.05) is 35.0 Å². The van der Waals surface area contributed by atoms with Crippen molar-refractivity contribution in [2.24, 2.45) is 0 Å². The molecule has 0 spiro atoms. The lowest BCUT2D eigenvalue weighted by molar-refractivity contribution is 0.651. The fourth-order valence-electron chi connectivity index (χ4n) is 2.29. The number of halogens is 2. The smallest absolute Gasteiger partial charge is 0.125 e. The third-order valence-electron chi connectivity index (χ3n) is 3.62. The van der Waals surface area contributed by atoms with Crippen molar-refractivity contribution in [3.63, 3.8) is 0 Å². The Morgan fingerprint density at radius 1 is 1.21 bits per heavy atom. The monoisotopic (exact) mass is 380 g/mol. The number of thioether (sulfide) groups is 1. The van der Waals surface area contributed by atoms with Crippen LogP contribution in [0.5, 0.6) is 0 Å². The number of benzene rings is 1. The summed E-state index contributed by atoms with van der Waals surface area (Å²) in [4.78, 5) is 4.09. The Labute approximate surface area is 159 Å². The van der Waals surface area contributed by atoms with Gasteiger partial charge in [0.05, 0.1) is 17.3 Å². The molecule has 0 fully saturated rings. The molecule has 5 heteroatoms. The number of aromatic nitrogens is 2. The first-order valence-electron chi connectivity index (χ1n) is 8.16. The fraction of sp³-hybridized carbons (Fsp3) is 0.421. The van der Waals surface area contributed by atoms with Crippen LogP contribution in [0.3, 0.4) is 0 Å².